The second kappa shape index (κ2) is 4.04. The minimum absolute atomic E-state index is 0.00331. The van der Waals surface area contributed by atoms with E-state index in [1.165, 1.54) is 0 Å². The van der Waals surface area contributed by atoms with Gasteiger partial charge in [0, 0.05) is 17.7 Å². The summed E-state index contributed by atoms with van der Waals surface area (Å²) >= 11 is 0. The van der Waals surface area contributed by atoms with Gasteiger partial charge in [0.15, 0.2) is 5.82 Å². The number of nitrogens with one attached hydrogen (secondary N) is 2. The monoisotopic (exact) mass is 209 g/mol. The lowest BCUT2D eigenvalue weighted by Gasteiger charge is -2.16. The van der Waals surface area contributed by atoms with Crippen molar-refractivity contribution in [3.8, 4) is 0 Å². The summed E-state index contributed by atoms with van der Waals surface area (Å²) < 4.78 is 0. The number of nitrogens with zero attached hydrogens (tertiary/aromatic N) is 1. The third-order valence-corrected chi connectivity index (χ3v) is 2.20. The summed E-state index contributed by atoms with van der Waals surface area (Å²) in [4.78, 5) is 11.6. The maximum absolute atomic E-state index is 11.6. The maximum atomic E-state index is 11.6. The minimum atomic E-state index is 0.00331. The molecule has 2 N–H and O–H groups in total. The van der Waals surface area contributed by atoms with Gasteiger partial charge in [-0.15, -0.1) is 0 Å². The molecule has 0 aliphatic rings. The molecule has 84 valence electrons. The van der Waals surface area contributed by atoms with Crippen molar-refractivity contribution in [2.75, 3.05) is 5.32 Å². The van der Waals surface area contributed by atoms with Gasteiger partial charge in [0.1, 0.15) is 0 Å². The van der Waals surface area contributed by atoms with Crippen LogP contribution in [0, 0.1) is 19.3 Å². The van der Waals surface area contributed by atoms with E-state index < -0.39 is 0 Å². The largest absolute Gasteiger partial charge is 0.309 e. The first-order chi connectivity index (χ1) is 6.79. The Morgan fingerprint density at radius 3 is 2.40 bits per heavy atom. The molecular weight excluding hydrogens is 190 g/mol. The van der Waals surface area contributed by atoms with E-state index in [1.807, 2.05) is 34.6 Å². The lowest BCUT2D eigenvalue weighted by atomic mass is 9.92. The number of carbonyl (C=O) groups excluding carboxylic acids is 1. The van der Waals surface area contributed by atoms with Gasteiger partial charge in [0.05, 0.1) is 0 Å². The molecule has 0 saturated heterocycles. The number of hydrogen-bond acceptors (Lipinski definition) is 2. The summed E-state index contributed by atoms with van der Waals surface area (Å²) in [7, 11) is 0. The number of aryl methyl sites for hydroxylation is 1. The first kappa shape index (κ1) is 11.8. The average molecular weight is 209 g/mol. The molecule has 0 aromatic carbocycles. The summed E-state index contributed by atoms with van der Waals surface area (Å²) in [6, 6.07) is 0. The van der Waals surface area contributed by atoms with Gasteiger partial charge >= 0.3 is 0 Å². The molecule has 0 radical (unpaired) electrons. The van der Waals surface area contributed by atoms with E-state index in [1.54, 1.807) is 0 Å². The van der Waals surface area contributed by atoms with Gasteiger partial charge in [-0.3, -0.25) is 9.89 Å². The van der Waals surface area contributed by atoms with Gasteiger partial charge in [-0.05, 0) is 19.3 Å². The van der Waals surface area contributed by atoms with Gasteiger partial charge in [-0.1, -0.05) is 20.8 Å². The summed E-state index contributed by atoms with van der Waals surface area (Å²) in [5, 5.41) is 9.68. The smallest absolute Gasteiger partial charge is 0.226 e. The Kier molecular flexibility index (Phi) is 3.17. The fraction of sp³-hybridized carbons (Fsp3) is 0.636. The van der Waals surface area contributed by atoms with E-state index in [-0.39, 0.29) is 11.3 Å². The van der Waals surface area contributed by atoms with Crippen LogP contribution < -0.4 is 5.32 Å². The van der Waals surface area contributed by atoms with Crippen LogP contribution in [0.4, 0.5) is 5.82 Å². The van der Waals surface area contributed by atoms with Crippen molar-refractivity contribution in [1.29, 1.82) is 0 Å². The van der Waals surface area contributed by atoms with E-state index in [4.69, 9.17) is 0 Å². The molecule has 4 heteroatoms. The SMILES string of the molecule is Cc1[nH]nc(NC(=O)CC(C)(C)C)c1C. The van der Waals surface area contributed by atoms with Crippen molar-refractivity contribution < 1.29 is 4.79 Å². The van der Waals surface area contributed by atoms with Crippen LogP contribution in [0.2, 0.25) is 0 Å². The molecule has 1 aromatic heterocycles. The first-order valence-corrected chi connectivity index (χ1v) is 5.11. The standard InChI is InChI=1S/C11H19N3O/c1-7-8(2)13-14-10(7)12-9(15)6-11(3,4)5/h6H2,1-5H3,(H2,12,13,14,15). The van der Waals surface area contributed by atoms with Crippen LogP contribution in [-0.2, 0) is 4.79 Å². The zero-order valence-corrected chi connectivity index (χ0v) is 10.1. The molecule has 0 aliphatic heterocycles. The molecule has 0 saturated carbocycles. The van der Waals surface area contributed by atoms with Crippen LogP contribution in [0.15, 0.2) is 0 Å². The zero-order chi connectivity index (χ0) is 11.6. The number of amides is 1. The predicted molar refractivity (Wildman–Crippen MR) is 60.8 cm³/mol. The highest BCUT2D eigenvalue weighted by Crippen LogP contribution is 2.20. The Morgan fingerprint density at radius 1 is 1.40 bits per heavy atom. The molecule has 0 fully saturated rings. The number of H-pyrrole nitrogens is 1. The molecule has 15 heavy (non-hydrogen) atoms. The Hall–Kier alpha value is -1.32. The van der Waals surface area contributed by atoms with Crippen LogP contribution in [-0.4, -0.2) is 16.1 Å². The lowest BCUT2D eigenvalue weighted by molar-refractivity contribution is -0.117. The third kappa shape index (κ3) is 3.38. The van der Waals surface area contributed by atoms with Crippen LogP contribution in [0.3, 0.4) is 0 Å². The number of aromatic amines is 1. The molecule has 0 bridgehead atoms. The fourth-order valence-corrected chi connectivity index (χ4v) is 1.26. The maximum Gasteiger partial charge on any atom is 0.226 e. The van der Waals surface area contributed by atoms with Gasteiger partial charge in [-0.25, -0.2) is 0 Å². The molecule has 0 spiro atoms. The van der Waals surface area contributed by atoms with Crippen molar-refractivity contribution in [1.82, 2.24) is 10.2 Å². The van der Waals surface area contributed by atoms with E-state index >= 15 is 0 Å². The molecule has 4 nitrogen and oxygen atoms in total. The average Bonchev–Trinajstić information content (AvgIpc) is 2.32. The summed E-state index contributed by atoms with van der Waals surface area (Å²) in [6.45, 7) is 9.98. The van der Waals surface area contributed by atoms with E-state index in [0.717, 1.165) is 11.3 Å². The van der Waals surface area contributed by atoms with Crippen LogP contribution in [0.1, 0.15) is 38.4 Å². The number of anilines is 1. The number of hydrogen-bond donors (Lipinski definition) is 2. The molecule has 1 aromatic rings. The Balaban J connectivity index is 2.63. The Labute approximate surface area is 90.5 Å². The predicted octanol–water partition coefficient (Wildman–Crippen LogP) is 2.40. The van der Waals surface area contributed by atoms with Crippen molar-refractivity contribution in [2.45, 2.75) is 41.0 Å². The Bertz CT molecular complexity index is 360. The topological polar surface area (TPSA) is 57.8 Å². The van der Waals surface area contributed by atoms with Crippen molar-refractivity contribution in [2.24, 2.45) is 5.41 Å². The zero-order valence-electron chi connectivity index (χ0n) is 10.1. The number of carbonyl (C=O) groups is 1. The number of rotatable bonds is 2. The lowest BCUT2D eigenvalue weighted by Crippen LogP contribution is -2.20. The number of aromatic nitrogens is 2. The van der Waals surface area contributed by atoms with Crippen molar-refractivity contribution in [3.63, 3.8) is 0 Å². The Morgan fingerprint density at radius 2 is 2.00 bits per heavy atom. The minimum Gasteiger partial charge on any atom is -0.309 e. The molecule has 1 rings (SSSR count). The molecule has 0 aliphatic carbocycles. The summed E-state index contributed by atoms with van der Waals surface area (Å²) in [6.07, 6.45) is 0.498. The first-order valence-electron chi connectivity index (χ1n) is 5.11. The summed E-state index contributed by atoms with van der Waals surface area (Å²) in [5.41, 5.74) is 1.99. The van der Waals surface area contributed by atoms with E-state index in [0.29, 0.717) is 12.2 Å². The van der Waals surface area contributed by atoms with Gasteiger partial charge < -0.3 is 5.32 Å². The molecule has 1 heterocycles. The van der Waals surface area contributed by atoms with E-state index in [2.05, 4.69) is 15.5 Å². The van der Waals surface area contributed by atoms with Gasteiger partial charge in [-0.2, -0.15) is 5.10 Å². The molecular formula is C11H19N3O. The van der Waals surface area contributed by atoms with Gasteiger partial charge in [0.25, 0.3) is 0 Å². The quantitative estimate of drug-likeness (QED) is 0.785. The van der Waals surface area contributed by atoms with Crippen LogP contribution >= 0.6 is 0 Å². The summed E-state index contributed by atoms with van der Waals surface area (Å²) in [5.74, 6) is 0.652. The molecule has 0 atom stereocenters. The third-order valence-electron chi connectivity index (χ3n) is 2.20. The fourth-order valence-electron chi connectivity index (χ4n) is 1.26. The van der Waals surface area contributed by atoms with Crippen LogP contribution in [0.25, 0.3) is 0 Å². The highest BCUT2D eigenvalue weighted by atomic mass is 16.1. The highest BCUT2D eigenvalue weighted by Gasteiger charge is 2.17. The van der Waals surface area contributed by atoms with E-state index in [9.17, 15) is 4.79 Å². The second-order valence-corrected chi connectivity index (χ2v) is 5.11. The molecule has 1 amide bonds. The van der Waals surface area contributed by atoms with Crippen molar-refractivity contribution in [3.05, 3.63) is 11.3 Å². The highest BCUT2D eigenvalue weighted by molar-refractivity contribution is 5.90. The van der Waals surface area contributed by atoms with Crippen LogP contribution in [0.5, 0.6) is 0 Å². The second-order valence-electron chi connectivity index (χ2n) is 5.11. The normalized spacial score (nSPS) is 11.5. The van der Waals surface area contributed by atoms with Crippen molar-refractivity contribution >= 4 is 11.7 Å². The molecule has 0 unspecified atom stereocenters. The van der Waals surface area contributed by atoms with Gasteiger partial charge in [0.2, 0.25) is 5.91 Å².